The molecule has 2 nitrogen and oxygen atoms in total. The van der Waals surface area contributed by atoms with Crippen molar-refractivity contribution in [2.45, 2.75) is 83.7 Å². The molecule has 1 unspecified atom stereocenters. The highest BCUT2D eigenvalue weighted by Gasteiger charge is 2.38. The first-order valence-corrected chi connectivity index (χ1v) is 8.53. The Bertz CT molecular complexity index is 415. The van der Waals surface area contributed by atoms with E-state index >= 15 is 0 Å². The highest BCUT2D eigenvalue weighted by molar-refractivity contribution is 7.09. The molecule has 1 aromatic heterocycles. The first-order chi connectivity index (χ1) is 8.91. The summed E-state index contributed by atoms with van der Waals surface area (Å²) in [6, 6.07) is 0.730. The average molecular weight is 280 g/mol. The predicted octanol–water partition coefficient (Wildman–Crippen LogP) is 4.60. The number of thiazole rings is 1. The number of nitrogens with zero attached hydrogens (tertiary/aromatic N) is 1. The lowest BCUT2D eigenvalue weighted by Gasteiger charge is -2.32. The standard InChI is InChI=1S/C16H28N2S/c1-6-10-16(7-2,18-12-8-9-12)14-17-13(11-19-14)15(3,4)5/h11-12,18H,6-10H2,1-5H3. The number of hydrogen-bond acceptors (Lipinski definition) is 3. The first kappa shape index (κ1) is 15.0. The molecular weight excluding hydrogens is 252 g/mol. The number of nitrogens with one attached hydrogen (secondary N) is 1. The summed E-state index contributed by atoms with van der Waals surface area (Å²) in [4.78, 5) is 4.98. The van der Waals surface area contributed by atoms with E-state index in [0.29, 0.717) is 0 Å². The molecule has 1 atom stereocenters. The maximum atomic E-state index is 4.98. The van der Waals surface area contributed by atoms with Crippen molar-refractivity contribution in [1.29, 1.82) is 0 Å². The summed E-state index contributed by atoms with van der Waals surface area (Å²) in [6.07, 6.45) is 6.20. The van der Waals surface area contributed by atoms with Gasteiger partial charge in [0.05, 0.1) is 11.2 Å². The van der Waals surface area contributed by atoms with E-state index in [4.69, 9.17) is 4.98 Å². The molecule has 1 N–H and O–H groups in total. The molecule has 0 radical (unpaired) electrons. The lowest BCUT2D eigenvalue weighted by atomic mass is 9.90. The van der Waals surface area contributed by atoms with Gasteiger partial charge in [-0.2, -0.15) is 0 Å². The van der Waals surface area contributed by atoms with Crippen LogP contribution in [0.3, 0.4) is 0 Å². The van der Waals surface area contributed by atoms with Gasteiger partial charge >= 0.3 is 0 Å². The third-order valence-corrected chi connectivity index (χ3v) is 5.07. The Kier molecular flexibility index (Phi) is 4.36. The summed E-state index contributed by atoms with van der Waals surface area (Å²) >= 11 is 1.84. The minimum absolute atomic E-state index is 0.115. The van der Waals surface area contributed by atoms with Crippen LogP contribution in [0.5, 0.6) is 0 Å². The second-order valence-electron chi connectivity index (χ2n) is 6.89. The Morgan fingerprint density at radius 3 is 2.42 bits per heavy atom. The zero-order valence-electron chi connectivity index (χ0n) is 13.0. The minimum atomic E-state index is 0.115. The molecule has 1 aliphatic carbocycles. The van der Waals surface area contributed by atoms with Crippen LogP contribution < -0.4 is 5.32 Å². The van der Waals surface area contributed by atoms with E-state index in [0.717, 1.165) is 12.5 Å². The van der Waals surface area contributed by atoms with Gasteiger partial charge in [0.2, 0.25) is 0 Å². The second-order valence-corrected chi connectivity index (χ2v) is 7.75. The van der Waals surface area contributed by atoms with Crippen molar-refractivity contribution in [3.05, 3.63) is 16.1 Å². The van der Waals surface area contributed by atoms with Crippen LogP contribution in [0, 0.1) is 0 Å². The summed E-state index contributed by atoms with van der Waals surface area (Å²) in [5, 5.41) is 7.44. The molecule has 1 aliphatic rings. The first-order valence-electron chi connectivity index (χ1n) is 7.65. The molecule has 1 aromatic rings. The summed E-state index contributed by atoms with van der Waals surface area (Å²) in [7, 11) is 0. The van der Waals surface area contributed by atoms with Gasteiger partial charge in [-0.15, -0.1) is 11.3 Å². The fourth-order valence-electron chi connectivity index (χ4n) is 2.55. The SMILES string of the molecule is CCCC(CC)(NC1CC1)c1nc(C(C)(C)C)cs1. The van der Waals surface area contributed by atoms with Crippen LogP contribution in [0.25, 0.3) is 0 Å². The van der Waals surface area contributed by atoms with Crippen molar-refractivity contribution in [2.24, 2.45) is 0 Å². The van der Waals surface area contributed by atoms with Gasteiger partial charge in [-0.1, -0.05) is 41.0 Å². The average Bonchev–Trinajstić information content (AvgIpc) is 2.98. The van der Waals surface area contributed by atoms with Gasteiger partial charge in [0.25, 0.3) is 0 Å². The maximum absolute atomic E-state index is 4.98. The van der Waals surface area contributed by atoms with Crippen LogP contribution in [0.2, 0.25) is 0 Å². The molecule has 1 saturated carbocycles. The van der Waals surface area contributed by atoms with Gasteiger partial charge in [-0.25, -0.2) is 4.98 Å². The van der Waals surface area contributed by atoms with Crippen LogP contribution in [0.4, 0.5) is 0 Å². The Hall–Kier alpha value is -0.410. The van der Waals surface area contributed by atoms with E-state index in [1.54, 1.807) is 0 Å². The zero-order chi connectivity index (χ0) is 14.1. The predicted molar refractivity (Wildman–Crippen MR) is 83.8 cm³/mol. The van der Waals surface area contributed by atoms with Gasteiger partial charge in [0, 0.05) is 16.8 Å². The zero-order valence-corrected chi connectivity index (χ0v) is 13.9. The minimum Gasteiger partial charge on any atom is -0.303 e. The van der Waals surface area contributed by atoms with Gasteiger partial charge < -0.3 is 5.32 Å². The molecule has 2 rings (SSSR count). The fourth-order valence-corrected chi connectivity index (χ4v) is 3.87. The summed E-state index contributed by atoms with van der Waals surface area (Å²) in [5.41, 5.74) is 1.50. The van der Waals surface area contributed by atoms with E-state index in [9.17, 15) is 0 Å². The molecule has 108 valence electrons. The van der Waals surface area contributed by atoms with E-state index in [1.165, 1.54) is 36.4 Å². The highest BCUT2D eigenvalue weighted by Crippen LogP contribution is 2.38. The lowest BCUT2D eigenvalue weighted by molar-refractivity contribution is 0.288. The van der Waals surface area contributed by atoms with Crippen LogP contribution in [0.15, 0.2) is 5.38 Å². The molecule has 0 aliphatic heterocycles. The van der Waals surface area contributed by atoms with Gasteiger partial charge in [-0.3, -0.25) is 0 Å². The molecule has 3 heteroatoms. The van der Waals surface area contributed by atoms with Gasteiger partial charge in [-0.05, 0) is 25.7 Å². The third kappa shape index (κ3) is 3.38. The van der Waals surface area contributed by atoms with Crippen molar-refractivity contribution in [3.8, 4) is 0 Å². The van der Waals surface area contributed by atoms with E-state index < -0.39 is 0 Å². The lowest BCUT2D eigenvalue weighted by Crippen LogP contribution is -2.43. The second kappa shape index (κ2) is 5.53. The summed E-state index contributed by atoms with van der Waals surface area (Å²) in [5.74, 6) is 0. The van der Waals surface area contributed by atoms with Crippen LogP contribution in [-0.4, -0.2) is 11.0 Å². The smallest absolute Gasteiger partial charge is 0.113 e. The quantitative estimate of drug-likeness (QED) is 0.824. The summed E-state index contributed by atoms with van der Waals surface area (Å²) < 4.78 is 0. The highest BCUT2D eigenvalue weighted by atomic mass is 32.1. The molecular formula is C16H28N2S. The van der Waals surface area contributed by atoms with Crippen molar-refractivity contribution in [3.63, 3.8) is 0 Å². The van der Waals surface area contributed by atoms with Gasteiger partial charge in [0.15, 0.2) is 0 Å². The Morgan fingerprint density at radius 1 is 1.32 bits per heavy atom. The van der Waals surface area contributed by atoms with E-state index in [-0.39, 0.29) is 11.0 Å². The molecule has 1 fully saturated rings. The van der Waals surface area contributed by atoms with Crippen molar-refractivity contribution >= 4 is 11.3 Å². The van der Waals surface area contributed by atoms with E-state index in [1.807, 2.05) is 11.3 Å². The molecule has 1 heterocycles. The fraction of sp³-hybridized carbons (Fsp3) is 0.812. The largest absolute Gasteiger partial charge is 0.303 e. The van der Waals surface area contributed by atoms with Crippen LogP contribution in [-0.2, 0) is 11.0 Å². The normalized spacial score (nSPS) is 19.4. The van der Waals surface area contributed by atoms with Crippen molar-refractivity contribution in [1.82, 2.24) is 10.3 Å². The number of hydrogen-bond donors (Lipinski definition) is 1. The topological polar surface area (TPSA) is 24.9 Å². The van der Waals surface area contributed by atoms with Crippen molar-refractivity contribution < 1.29 is 0 Å². The van der Waals surface area contributed by atoms with Crippen molar-refractivity contribution in [2.75, 3.05) is 0 Å². The Balaban J connectivity index is 2.28. The molecule has 0 spiro atoms. The number of aromatic nitrogens is 1. The monoisotopic (exact) mass is 280 g/mol. The molecule has 0 saturated heterocycles. The molecule has 0 amide bonds. The molecule has 0 aromatic carbocycles. The van der Waals surface area contributed by atoms with Gasteiger partial charge in [0.1, 0.15) is 5.01 Å². The Morgan fingerprint density at radius 2 is 2.00 bits per heavy atom. The van der Waals surface area contributed by atoms with E-state index in [2.05, 4.69) is 45.3 Å². The third-order valence-electron chi connectivity index (χ3n) is 4.02. The van der Waals surface area contributed by atoms with Crippen LogP contribution >= 0.6 is 11.3 Å². The van der Waals surface area contributed by atoms with Crippen LogP contribution in [0.1, 0.15) is 77.4 Å². The molecule has 19 heavy (non-hydrogen) atoms. The molecule has 0 bridgehead atoms. The Labute approximate surface area is 122 Å². The maximum Gasteiger partial charge on any atom is 0.113 e. The number of rotatable bonds is 6. The summed E-state index contributed by atoms with van der Waals surface area (Å²) in [6.45, 7) is 11.3.